The van der Waals surface area contributed by atoms with Crippen LogP contribution in [0.25, 0.3) is 0 Å². The molecule has 1 N–H and O–H groups in total. The maximum atomic E-state index is 12.6. The highest BCUT2D eigenvalue weighted by molar-refractivity contribution is 6.39. The Hall–Kier alpha value is -2.63. The summed E-state index contributed by atoms with van der Waals surface area (Å²) >= 11 is 0. The summed E-state index contributed by atoms with van der Waals surface area (Å²) in [6.45, 7) is 3.19. The number of benzene rings is 1. The van der Waals surface area contributed by atoms with Crippen molar-refractivity contribution in [3.63, 3.8) is 0 Å². The fourth-order valence-electron chi connectivity index (χ4n) is 4.18. The molecule has 1 aliphatic carbocycles. The van der Waals surface area contributed by atoms with Gasteiger partial charge in [-0.1, -0.05) is 12.1 Å². The highest BCUT2D eigenvalue weighted by atomic mass is 16.2. The predicted octanol–water partition coefficient (Wildman–Crippen LogP) is 2.87. The monoisotopic (exact) mass is 366 g/mol. The van der Waals surface area contributed by atoms with Gasteiger partial charge < -0.3 is 10.2 Å². The number of carbonyl (C=O) groups excluding carboxylic acids is 2. The summed E-state index contributed by atoms with van der Waals surface area (Å²) in [5.74, 6) is -0.958. The van der Waals surface area contributed by atoms with Crippen molar-refractivity contribution >= 4 is 17.5 Å². The molecule has 4 rings (SSSR count). The minimum Gasteiger partial charge on any atom is -0.334 e. The molecule has 1 aromatic heterocycles. The standard InChI is InChI=1S/C21H26N4O2/c1-15-13-22-25(14-15)17-9-11-24(12-10-17)21(27)20(26)23-19-8-4-6-16-5-2-3-7-18(16)19/h4,6,8,13-14,17H,2-3,5,7,9-12H2,1H3,(H,23,26). The Morgan fingerprint density at radius 2 is 1.93 bits per heavy atom. The number of fused-ring (bicyclic) bond motifs is 1. The summed E-state index contributed by atoms with van der Waals surface area (Å²) in [6, 6.07) is 6.28. The maximum Gasteiger partial charge on any atom is 0.313 e. The van der Waals surface area contributed by atoms with Gasteiger partial charge in [-0.15, -0.1) is 0 Å². The number of hydrogen-bond acceptors (Lipinski definition) is 3. The van der Waals surface area contributed by atoms with Crippen molar-refractivity contribution in [3.8, 4) is 0 Å². The molecule has 0 radical (unpaired) electrons. The number of rotatable bonds is 2. The van der Waals surface area contributed by atoms with Crippen LogP contribution < -0.4 is 5.32 Å². The second-order valence-corrected chi connectivity index (χ2v) is 7.63. The van der Waals surface area contributed by atoms with E-state index in [2.05, 4.69) is 16.5 Å². The van der Waals surface area contributed by atoms with Gasteiger partial charge in [-0.25, -0.2) is 0 Å². The molecule has 0 bridgehead atoms. The van der Waals surface area contributed by atoms with Crippen LogP contribution in [0, 0.1) is 6.92 Å². The summed E-state index contributed by atoms with van der Waals surface area (Å²) in [7, 11) is 0. The molecule has 0 spiro atoms. The molecule has 1 saturated heterocycles. The fourth-order valence-corrected chi connectivity index (χ4v) is 4.18. The van der Waals surface area contributed by atoms with Crippen molar-refractivity contribution in [1.82, 2.24) is 14.7 Å². The molecular formula is C21H26N4O2. The fraction of sp³-hybridized carbons (Fsp3) is 0.476. The van der Waals surface area contributed by atoms with E-state index >= 15 is 0 Å². The molecule has 0 unspecified atom stereocenters. The summed E-state index contributed by atoms with van der Waals surface area (Å²) in [5, 5.41) is 7.24. The Balaban J connectivity index is 1.37. The normalized spacial score (nSPS) is 17.4. The zero-order valence-corrected chi connectivity index (χ0v) is 15.8. The highest BCUT2D eigenvalue weighted by Gasteiger charge is 2.28. The Labute approximate surface area is 159 Å². The number of carbonyl (C=O) groups is 2. The lowest BCUT2D eigenvalue weighted by atomic mass is 9.90. The van der Waals surface area contributed by atoms with Gasteiger partial charge >= 0.3 is 11.8 Å². The van der Waals surface area contributed by atoms with Crippen LogP contribution >= 0.6 is 0 Å². The summed E-state index contributed by atoms with van der Waals surface area (Å²) in [4.78, 5) is 26.8. The molecule has 1 aromatic carbocycles. The van der Waals surface area contributed by atoms with Gasteiger partial charge in [0.2, 0.25) is 0 Å². The summed E-state index contributed by atoms with van der Waals surface area (Å²) < 4.78 is 1.98. The van der Waals surface area contributed by atoms with E-state index < -0.39 is 11.8 Å². The van der Waals surface area contributed by atoms with E-state index in [0.717, 1.165) is 43.4 Å². The van der Waals surface area contributed by atoms with E-state index in [-0.39, 0.29) is 0 Å². The van der Waals surface area contributed by atoms with Gasteiger partial charge in [-0.05, 0) is 68.2 Å². The minimum atomic E-state index is -0.526. The van der Waals surface area contributed by atoms with Crippen molar-refractivity contribution in [2.45, 2.75) is 51.5 Å². The van der Waals surface area contributed by atoms with Crippen LogP contribution in [0.4, 0.5) is 5.69 Å². The van der Waals surface area contributed by atoms with Crippen LogP contribution in [0.1, 0.15) is 48.4 Å². The third-order valence-corrected chi connectivity index (χ3v) is 5.69. The van der Waals surface area contributed by atoms with E-state index in [9.17, 15) is 9.59 Å². The maximum absolute atomic E-state index is 12.6. The SMILES string of the molecule is Cc1cnn(C2CCN(C(=O)C(=O)Nc3cccc4c3CCCC4)CC2)c1. The van der Waals surface area contributed by atoms with Crippen molar-refractivity contribution in [3.05, 3.63) is 47.3 Å². The lowest BCUT2D eigenvalue weighted by Gasteiger charge is -2.31. The zero-order chi connectivity index (χ0) is 18.8. The second-order valence-electron chi connectivity index (χ2n) is 7.63. The quantitative estimate of drug-likeness (QED) is 0.831. The molecule has 1 aliphatic heterocycles. The first-order chi connectivity index (χ1) is 13.1. The second kappa shape index (κ2) is 7.55. The summed E-state index contributed by atoms with van der Waals surface area (Å²) in [6.07, 6.45) is 9.87. The smallest absolute Gasteiger partial charge is 0.313 e. The van der Waals surface area contributed by atoms with Crippen molar-refractivity contribution < 1.29 is 9.59 Å². The van der Waals surface area contributed by atoms with Gasteiger partial charge in [0.1, 0.15) is 0 Å². The molecule has 2 amide bonds. The van der Waals surface area contributed by atoms with Crippen molar-refractivity contribution in [2.24, 2.45) is 0 Å². The molecule has 2 aliphatic rings. The molecular weight excluding hydrogens is 340 g/mol. The third kappa shape index (κ3) is 3.75. The molecule has 0 atom stereocenters. The van der Waals surface area contributed by atoms with Crippen molar-refractivity contribution in [1.29, 1.82) is 0 Å². The first kappa shape index (κ1) is 17.8. The van der Waals surface area contributed by atoms with Crippen LogP contribution in [-0.2, 0) is 22.4 Å². The molecule has 6 heteroatoms. The largest absolute Gasteiger partial charge is 0.334 e. The average Bonchev–Trinajstić information content (AvgIpc) is 3.14. The lowest BCUT2D eigenvalue weighted by Crippen LogP contribution is -2.44. The summed E-state index contributed by atoms with van der Waals surface area (Å²) in [5.41, 5.74) is 4.42. The molecule has 142 valence electrons. The molecule has 27 heavy (non-hydrogen) atoms. The molecule has 2 aromatic rings. The number of anilines is 1. The Morgan fingerprint density at radius 1 is 1.15 bits per heavy atom. The molecule has 0 saturated carbocycles. The lowest BCUT2D eigenvalue weighted by molar-refractivity contribution is -0.144. The number of amides is 2. The number of nitrogens with zero attached hydrogens (tertiary/aromatic N) is 3. The number of piperidine rings is 1. The van der Waals surface area contributed by atoms with Gasteiger partial charge in [-0.3, -0.25) is 14.3 Å². The van der Waals surface area contributed by atoms with Gasteiger partial charge in [0, 0.05) is 25.0 Å². The van der Waals surface area contributed by atoms with E-state index in [0.29, 0.717) is 19.1 Å². The number of aromatic nitrogens is 2. The molecule has 1 fully saturated rings. The Bertz CT molecular complexity index is 850. The first-order valence-corrected chi connectivity index (χ1v) is 9.83. The van der Waals surface area contributed by atoms with Gasteiger partial charge in [0.25, 0.3) is 0 Å². The first-order valence-electron chi connectivity index (χ1n) is 9.83. The van der Waals surface area contributed by atoms with Crippen LogP contribution in [0.15, 0.2) is 30.6 Å². The molecule has 6 nitrogen and oxygen atoms in total. The number of hydrogen-bond donors (Lipinski definition) is 1. The number of aryl methyl sites for hydroxylation is 2. The van der Waals surface area contributed by atoms with Crippen LogP contribution in [0.2, 0.25) is 0 Å². The Kier molecular flexibility index (Phi) is 4.97. The Morgan fingerprint density at radius 3 is 2.67 bits per heavy atom. The average molecular weight is 366 g/mol. The van der Waals surface area contributed by atoms with Crippen LogP contribution in [0.3, 0.4) is 0 Å². The predicted molar refractivity (Wildman–Crippen MR) is 104 cm³/mol. The topological polar surface area (TPSA) is 67.2 Å². The third-order valence-electron chi connectivity index (χ3n) is 5.69. The van der Waals surface area contributed by atoms with Crippen molar-refractivity contribution in [2.75, 3.05) is 18.4 Å². The van der Waals surface area contributed by atoms with E-state index in [4.69, 9.17) is 0 Å². The highest BCUT2D eigenvalue weighted by Crippen LogP contribution is 2.28. The van der Waals surface area contributed by atoms with Crippen LogP contribution in [-0.4, -0.2) is 39.6 Å². The minimum absolute atomic E-state index is 0.298. The zero-order valence-electron chi connectivity index (χ0n) is 15.8. The molecule has 2 heterocycles. The van der Waals surface area contributed by atoms with Gasteiger partial charge in [0.05, 0.1) is 12.2 Å². The van der Waals surface area contributed by atoms with E-state index in [1.165, 1.54) is 17.5 Å². The number of likely N-dealkylation sites (tertiary alicyclic amines) is 1. The van der Waals surface area contributed by atoms with Gasteiger partial charge in [-0.2, -0.15) is 5.10 Å². The van der Waals surface area contributed by atoms with E-state index in [1.807, 2.05) is 36.1 Å². The van der Waals surface area contributed by atoms with E-state index in [1.54, 1.807) is 4.90 Å². The number of nitrogens with one attached hydrogen (secondary N) is 1. The van der Waals surface area contributed by atoms with Gasteiger partial charge in [0.15, 0.2) is 0 Å². The van der Waals surface area contributed by atoms with Crippen LogP contribution in [0.5, 0.6) is 0 Å².